The predicted octanol–water partition coefficient (Wildman–Crippen LogP) is 3.04. The van der Waals surface area contributed by atoms with Gasteiger partial charge in [-0.1, -0.05) is 12.8 Å². The van der Waals surface area contributed by atoms with E-state index in [1.54, 1.807) is 0 Å². The first-order valence-electron chi connectivity index (χ1n) is 6.78. The molecule has 2 heteroatoms. The number of hydrogen-bond donors (Lipinski definition) is 0. The SMILES string of the molecule is O=C1CCCC23CCCCC12CCCC3=O. The molecule has 0 aromatic carbocycles. The summed E-state index contributed by atoms with van der Waals surface area (Å²) in [6.45, 7) is 0. The minimum Gasteiger partial charge on any atom is -0.299 e. The summed E-state index contributed by atoms with van der Waals surface area (Å²) >= 11 is 0. The molecule has 0 aliphatic heterocycles. The van der Waals surface area contributed by atoms with Crippen molar-refractivity contribution in [1.29, 1.82) is 0 Å². The van der Waals surface area contributed by atoms with E-state index < -0.39 is 0 Å². The second-order valence-electron chi connectivity index (χ2n) is 5.92. The lowest BCUT2D eigenvalue weighted by Gasteiger charge is -2.57. The number of hydrogen-bond acceptors (Lipinski definition) is 2. The molecule has 0 amide bonds. The summed E-state index contributed by atoms with van der Waals surface area (Å²) in [4.78, 5) is 24.7. The van der Waals surface area contributed by atoms with Crippen molar-refractivity contribution in [2.24, 2.45) is 10.8 Å². The first-order chi connectivity index (χ1) is 7.71. The van der Waals surface area contributed by atoms with Gasteiger partial charge in [0, 0.05) is 23.7 Å². The Labute approximate surface area is 96.8 Å². The van der Waals surface area contributed by atoms with Gasteiger partial charge in [0.1, 0.15) is 11.6 Å². The van der Waals surface area contributed by atoms with Crippen molar-refractivity contribution in [1.82, 2.24) is 0 Å². The van der Waals surface area contributed by atoms with Gasteiger partial charge in [0.15, 0.2) is 0 Å². The number of Topliss-reactive ketones (excluding diaryl/α,β-unsaturated/α-hetero) is 2. The van der Waals surface area contributed by atoms with Crippen LogP contribution in [0.15, 0.2) is 0 Å². The Kier molecular flexibility index (Phi) is 2.24. The van der Waals surface area contributed by atoms with E-state index in [0.717, 1.165) is 64.2 Å². The average molecular weight is 220 g/mol. The van der Waals surface area contributed by atoms with Crippen LogP contribution in [0.1, 0.15) is 64.2 Å². The molecule has 0 bridgehead atoms. The molecule has 3 saturated carbocycles. The molecule has 88 valence electrons. The summed E-state index contributed by atoms with van der Waals surface area (Å²) in [5, 5.41) is 0. The van der Waals surface area contributed by atoms with Crippen molar-refractivity contribution in [3.63, 3.8) is 0 Å². The van der Waals surface area contributed by atoms with E-state index in [-0.39, 0.29) is 10.8 Å². The van der Waals surface area contributed by atoms with Gasteiger partial charge in [-0.25, -0.2) is 0 Å². The van der Waals surface area contributed by atoms with Crippen LogP contribution in [0.25, 0.3) is 0 Å². The third-order valence-corrected chi connectivity index (χ3v) is 5.46. The van der Waals surface area contributed by atoms with Crippen LogP contribution in [0.5, 0.6) is 0 Å². The van der Waals surface area contributed by atoms with Crippen molar-refractivity contribution >= 4 is 11.6 Å². The molecule has 2 nitrogen and oxygen atoms in total. The fourth-order valence-electron chi connectivity index (χ4n) is 4.73. The highest BCUT2D eigenvalue weighted by Crippen LogP contribution is 2.62. The van der Waals surface area contributed by atoms with Gasteiger partial charge in [-0.05, 0) is 38.5 Å². The third-order valence-electron chi connectivity index (χ3n) is 5.46. The monoisotopic (exact) mass is 220 g/mol. The molecule has 0 saturated heterocycles. The lowest BCUT2D eigenvalue weighted by atomic mass is 9.44. The highest BCUT2D eigenvalue weighted by molar-refractivity contribution is 5.97. The second kappa shape index (κ2) is 3.41. The zero-order chi connectivity index (χ0) is 11.2. The van der Waals surface area contributed by atoms with E-state index in [1.807, 2.05) is 0 Å². The Bertz CT molecular complexity index is 305. The Morgan fingerprint density at radius 1 is 0.625 bits per heavy atom. The summed E-state index contributed by atoms with van der Waals surface area (Å²) in [7, 11) is 0. The van der Waals surface area contributed by atoms with E-state index in [2.05, 4.69) is 0 Å². The smallest absolute Gasteiger partial charge is 0.140 e. The Hall–Kier alpha value is -0.660. The quantitative estimate of drug-likeness (QED) is 0.628. The van der Waals surface area contributed by atoms with Crippen LogP contribution in [0, 0.1) is 10.8 Å². The Balaban J connectivity index is 2.10. The second-order valence-corrected chi connectivity index (χ2v) is 5.92. The fraction of sp³-hybridized carbons (Fsp3) is 0.857. The predicted molar refractivity (Wildman–Crippen MR) is 61.1 cm³/mol. The number of carbonyl (C=O) groups excluding carboxylic acids is 2. The normalized spacial score (nSPS) is 43.8. The molecular weight excluding hydrogens is 200 g/mol. The number of rotatable bonds is 0. The maximum Gasteiger partial charge on any atom is 0.140 e. The maximum absolute atomic E-state index is 12.4. The lowest BCUT2D eigenvalue weighted by molar-refractivity contribution is -0.166. The van der Waals surface area contributed by atoms with E-state index in [1.165, 1.54) is 0 Å². The molecule has 3 rings (SSSR count). The van der Waals surface area contributed by atoms with Crippen molar-refractivity contribution in [2.75, 3.05) is 0 Å². The van der Waals surface area contributed by atoms with E-state index in [4.69, 9.17) is 0 Å². The van der Waals surface area contributed by atoms with Crippen molar-refractivity contribution in [2.45, 2.75) is 64.2 Å². The van der Waals surface area contributed by atoms with Crippen LogP contribution in [0.2, 0.25) is 0 Å². The molecule has 2 atom stereocenters. The van der Waals surface area contributed by atoms with Crippen LogP contribution in [0.4, 0.5) is 0 Å². The van der Waals surface area contributed by atoms with E-state index in [9.17, 15) is 9.59 Å². The summed E-state index contributed by atoms with van der Waals surface area (Å²) < 4.78 is 0. The molecule has 0 aromatic heterocycles. The highest BCUT2D eigenvalue weighted by atomic mass is 16.1. The summed E-state index contributed by atoms with van der Waals surface area (Å²) in [6, 6.07) is 0. The van der Waals surface area contributed by atoms with Gasteiger partial charge in [0.25, 0.3) is 0 Å². The van der Waals surface area contributed by atoms with Crippen molar-refractivity contribution in [3.05, 3.63) is 0 Å². The molecule has 0 aromatic rings. The van der Waals surface area contributed by atoms with Crippen molar-refractivity contribution < 1.29 is 9.59 Å². The molecule has 2 unspecified atom stereocenters. The van der Waals surface area contributed by atoms with E-state index >= 15 is 0 Å². The molecule has 3 aliphatic carbocycles. The zero-order valence-electron chi connectivity index (χ0n) is 9.89. The van der Waals surface area contributed by atoms with Gasteiger partial charge in [-0.15, -0.1) is 0 Å². The topological polar surface area (TPSA) is 34.1 Å². The van der Waals surface area contributed by atoms with Gasteiger partial charge in [0.2, 0.25) is 0 Å². The van der Waals surface area contributed by atoms with Gasteiger partial charge >= 0.3 is 0 Å². The standard InChI is InChI=1S/C14H20O2/c15-11-5-4-10-14-8-2-1-7-13(11,14)9-3-6-12(14)16/h1-10H2. The Morgan fingerprint density at radius 2 is 1.00 bits per heavy atom. The van der Waals surface area contributed by atoms with Crippen LogP contribution >= 0.6 is 0 Å². The number of carbonyl (C=O) groups is 2. The molecule has 16 heavy (non-hydrogen) atoms. The van der Waals surface area contributed by atoms with Gasteiger partial charge in [-0.3, -0.25) is 9.59 Å². The van der Waals surface area contributed by atoms with Gasteiger partial charge in [0.05, 0.1) is 0 Å². The first-order valence-corrected chi connectivity index (χ1v) is 6.78. The zero-order valence-corrected chi connectivity index (χ0v) is 9.89. The molecule has 0 spiro atoms. The largest absolute Gasteiger partial charge is 0.299 e. The van der Waals surface area contributed by atoms with Crippen molar-refractivity contribution in [3.8, 4) is 0 Å². The molecule has 0 radical (unpaired) electrons. The van der Waals surface area contributed by atoms with Crippen LogP contribution < -0.4 is 0 Å². The molecule has 0 N–H and O–H groups in total. The summed E-state index contributed by atoms with van der Waals surface area (Å²) in [6.07, 6.45) is 9.66. The Morgan fingerprint density at radius 3 is 1.44 bits per heavy atom. The minimum absolute atomic E-state index is 0.209. The summed E-state index contributed by atoms with van der Waals surface area (Å²) in [5.74, 6) is 0.845. The third kappa shape index (κ3) is 1.08. The maximum atomic E-state index is 12.4. The van der Waals surface area contributed by atoms with Crippen LogP contribution in [-0.4, -0.2) is 11.6 Å². The summed E-state index contributed by atoms with van der Waals surface area (Å²) in [5.41, 5.74) is -0.419. The van der Waals surface area contributed by atoms with Crippen LogP contribution in [-0.2, 0) is 9.59 Å². The molecule has 3 fully saturated rings. The van der Waals surface area contributed by atoms with Gasteiger partial charge in [-0.2, -0.15) is 0 Å². The molecule has 3 aliphatic rings. The molecule has 0 heterocycles. The lowest BCUT2D eigenvalue weighted by Crippen LogP contribution is -2.58. The molecular formula is C14H20O2. The fourth-order valence-corrected chi connectivity index (χ4v) is 4.73. The van der Waals surface area contributed by atoms with Gasteiger partial charge < -0.3 is 0 Å². The van der Waals surface area contributed by atoms with Crippen LogP contribution in [0.3, 0.4) is 0 Å². The first kappa shape index (κ1) is 10.5. The van der Waals surface area contributed by atoms with E-state index in [0.29, 0.717) is 11.6 Å². The average Bonchev–Trinajstić information content (AvgIpc) is 2.30. The number of ketones is 2. The highest BCUT2D eigenvalue weighted by Gasteiger charge is 2.62. The minimum atomic E-state index is -0.209.